The van der Waals surface area contributed by atoms with Crippen LogP contribution in [-0.2, 0) is 39.0 Å². The van der Waals surface area contributed by atoms with Gasteiger partial charge in [0.25, 0.3) is 0 Å². The first-order valence-corrected chi connectivity index (χ1v) is 16.8. The lowest BCUT2D eigenvalue weighted by Crippen LogP contribution is -2.58. The maximum atomic E-state index is 14.1. The number of carbonyl (C=O) groups excluding carboxylic acids is 2. The summed E-state index contributed by atoms with van der Waals surface area (Å²) in [7, 11) is -3.44. The molecule has 4 aromatic rings. The van der Waals surface area contributed by atoms with Crippen LogP contribution in [0.2, 0.25) is 0 Å². The number of piperazine rings is 1. The number of hydrogen-bond donors (Lipinski definition) is 3. The highest BCUT2D eigenvalue weighted by molar-refractivity contribution is 7.92. The molecule has 9 nitrogen and oxygen atoms in total. The zero-order valence-electron chi connectivity index (χ0n) is 24.7. The van der Waals surface area contributed by atoms with Gasteiger partial charge in [0.05, 0.1) is 23.7 Å². The van der Waals surface area contributed by atoms with E-state index in [1.807, 2.05) is 65.6 Å². The van der Waals surface area contributed by atoms with Crippen molar-refractivity contribution in [1.29, 1.82) is 0 Å². The van der Waals surface area contributed by atoms with Gasteiger partial charge in [-0.25, -0.2) is 8.42 Å². The van der Waals surface area contributed by atoms with Crippen LogP contribution in [0, 0.1) is 0 Å². The number of rotatable bonds is 8. The zero-order chi connectivity index (χ0) is 30.7. The van der Waals surface area contributed by atoms with Gasteiger partial charge in [-0.1, -0.05) is 78.9 Å². The van der Waals surface area contributed by atoms with Crippen LogP contribution in [-0.4, -0.2) is 69.7 Å². The van der Waals surface area contributed by atoms with E-state index >= 15 is 0 Å². The molecular formula is C34H37N5O4S. The summed E-state index contributed by atoms with van der Waals surface area (Å²) < 4.78 is 26.4. The highest BCUT2D eigenvalue weighted by Crippen LogP contribution is 2.28. The van der Waals surface area contributed by atoms with E-state index in [1.165, 1.54) is 5.56 Å². The normalized spacial score (nSPS) is 17.5. The second-order valence-electron chi connectivity index (χ2n) is 11.5. The van der Waals surface area contributed by atoms with Crippen LogP contribution in [0.15, 0.2) is 91.0 Å². The minimum atomic E-state index is -3.44. The Hall–Kier alpha value is -4.41. The number of benzene rings is 4. The van der Waals surface area contributed by atoms with Gasteiger partial charge in [0, 0.05) is 39.1 Å². The lowest BCUT2D eigenvalue weighted by atomic mass is 9.94. The molecule has 0 saturated carbocycles. The molecule has 2 atom stereocenters. The van der Waals surface area contributed by atoms with Crippen molar-refractivity contribution in [1.82, 2.24) is 15.5 Å². The minimum absolute atomic E-state index is 0.121. The first-order valence-electron chi connectivity index (χ1n) is 14.9. The predicted molar refractivity (Wildman–Crippen MR) is 174 cm³/mol. The molecule has 1 saturated heterocycles. The van der Waals surface area contributed by atoms with Crippen LogP contribution in [0.1, 0.15) is 16.7 Å². The Labute approximate surface area is 258 Å². The molecule has 0 aliphatic carbocycles. The molecule has 44 heavy (non-hydrogen) atoms. The van der Waals surface area contributed by atoms with Gasteiger partial charge >= 0.3 is 0 Å². The molecule has 2 unspecified atom stereocenters. The van der Waals surface area contributed by atoms with E-state index in [0.29, 0.717) is 51.3 Å². The Bertz CT molecular complexity index is 1780. The van der Waals surface area contributed by atoms with E-state index in [0.717, 1.165) is 33.8 Å². The van der Waals surface area contributed by atoms with Crippen LogP contribution >= 0.6 is 0 Å². The largest absolute Gasteiger partial charge is 0.366 e. The molecule has 0 spiro atoms. The molecule has 2 heterocycles. The lowest BCUT2D eigenvalue weighted by Gasteiger charge is -2.38. The quantitative estimate of drug-likeness (QED) is 0.282. The Morgan fingerprint density at radius 3 is 2.34 bits per heavy atom. The molecule has 0 radical (unpaired) electrons. The summed E-state index contributed by atoms with van der Waals surface area (Å²) in [6.45, 7) is 2.56. The molecule has 2 aliphatic rings. The summed E-state index contributed by atoms with van der Waals surface area (Å²) in [4.78, 5) is 31.7. The molecule has 2 aliphatic heterocycles. The number of nitrogens with zero attached hydrogens (tertiary/aromatic N) is 2. The number of carbonyl (C=O) groups is 2. The molecule has 1 fully saturated rings. The van der Waals surface area contributed by atoms with E-state index in [-0.39, 0.29) is 11.8 Å². The van der Waals surface area contributed by atoms with Crippen molar-refractivity contribution in [3.8, 4) is 0 Å². The standard InChI is InChI=1S/C34H37N5O4S/c1-44(42,43)37-29-15-6-7-16-32(29)38-17-19-39(20-18-38)34(41)31(22-26-13-8-12-24-9-4-5-14-28(24)26)36-33(40)30-21-25-10-2-3-11-27(25)23-35-30/h2-16,30-31,35,37H,17-23H2,1H3,(H,36,40). The SMILES string of the molecule is CS(=O)(=O)Nc1ccccc1N1CCN(C(=O)C(Cc2cccc3ccccc23)NC(=O)C2Cc3ccccc3CN2)CC1. The first-order chi connectivity index (χ1) is 21.2. The van der Waals surface area contributed by atoms with Crippen LogP contribution < -0.4 is 20.3 Å². The van der Waals surface area contributed by atoms with Gasteiger partial charge in [-0.2, -0.15) is 0 Å². The van der Waals surface area contributed by atoms with Crippen molar-refractivity contribution < 1.29 is 18.0 Å². The third-order valence-corrected chi connectivity index (χ3v) is 9.04. The lowest BCUT2D eigenvalue weighted by molar-refractivity contribution is -0.137. The number of hydrogen-bond acceptors (Lipinski definition) is 6. The van der Waals surface area contributed by atoms with E-state index in [2.05, 4.69) is 38.5 Å². The maximum absolute atomic E-state index is 14.1. The van der Waals surface area contributed by atoms with Crippen LogP contribution in [0.5, 0.6) is 0 Å². The number of fused-ring (bicyclic) bond motifs is 2. The fourth-order valence-electron chi connectivity index (χ4n) is 6.23. The average Bonchev–Trinajstić information content (AvgIpc) is 3.03. The zero-order valence-corrected chi connectivity index (χ0v) is 25.5. The monoisotopic (exact) mass is 611 g/mol. The van der Waals surface area contributed by atoms with Crippen molar-refractivity contribution in [2.75, 3.05) is 42.1 Å². The summed E-state index contributed by atoms with van der Waals surface area (Å²) >= 11 is 0. The fraction of sp³-hybridized carbons (Fsp3) is 0.294. The van der Waals surface area contributed by atoms with E-state index < -0.39 is 22.1 Å². The third kappa shape index (κ3) is 6.71. The maximum Gasteiger partial charge on any atom is 0.245 e. The van der Waals surface area contributed by atoms with Gasteiger partial charge in [-0.3, -0.25) is 14.3 Å². The number of para-hydroxylation sites is 2. The van der Waals surface area contributed by atoms with Crippen LogP contribution in [0.25, 0.3) is 10.8 Å². The summed E-state index contributed by atoms with van der Waals surface area (Å²) in [5, 5.41) is 8.62. The van der Waals surface area contributed by atoms with Gasteiger partial charge in [-0.15, -0.1) is 0 Å². The van der Waals surface area contributed by atoms with Gasteiger partial charge in [0.15, 0.2) is 0 Å². The van der Waals surface area contributed by atoms with Crippen LogP contribution in [0.3, 0.4) is 0 Å². The van der Waals surface area contributed by atoms with Gasteiger partial charge in [-0.05, 0) is 46.0 Å². The summed E-state index contributed by atoms with van der Waals surface area (Å²) in [5.74, 6) is -0.304. The Morgan fingerprint density at radius 1 is 0.864 bits per heavy atom. The van der Waals surface area contributed by atoms with E-state index in [1.54, 1.807) is 12.1 Å². The summed E-state index contributed by atoms with van der Waals surface area (Å²) in [6.07, 6.45) is 2.07. The highest BCUT2D eigenvalue weighted by Gasteiger charge is 2.32. The minimum Gasteiger partial charge on any atom is -0.366 e. The molecule has 3 N–H and O–H groups in total. The van der Waals surface area contributed by atoms with Crippen molar-refractivity contribution in [2.45, 2.75) is 31.5 Å². The van der Waals surface area contributed by atoms with Crippen LogP contribution in [0.4, 0.5) is 11.4 Å². The Balaban J connectivity index is 1.20. The Morgan fingerprint density at radius 2 is 1.55 bits per heavy atom. The molecule has 6 rings (SSSR count). The molecule has 0 aromatic heterocycles. The van der Waals surface area contributed by atoms with Gasteiger partial charge < -0.3 is 20.4 Å². The predicted octanol–water partition coefficient (Wildman–Crippen LogP) is 3.30. The van der Waals surface area contributed by atoms with Gasteiger partial charge in [0.1, 0.15) is 6.04 Å². The fourth-order valence-corrected chi connectivity index (χ4v) is 6.80. The third-order valence-electron chi connectivity index (χ3n) is 8.45. The number of anilines is 2. The van der Waals surface area contributed by atoms with E-state index in [4.69, 9.17) is 0 Å². The topological polar surface area (TPSA) is 111 Å². The molecular weight excluding hydrogens is 574 g/mol. The van der Waals surface area contributed by atoms with Gasteiger partial charge in [0.2, 0.25) is 21.8 Å². The second-order valence-corrected chi connectivity index (χ2v) is 13.3. The molecule has 4 aromatic carbocycles. The Kier molecular flexibility index (Phi) is 8.54. The van der Waals surface area contributed by atoms with Crippen molar-refractivity contribution >= 4 is 44.0 Å². The molecule has 228 valence electrons. The summed E-state index contributed by atoms with van der Waals surface area (Å²) in [6, 6.07) is 28.4. The summed E-state index contributed by atoms with van der Waals surface area (Å²) in [5.41, 5.74) is 4.62. The number of nitrogens with one attached hydrogen (secondary N) is 3. The average molecular weight is 612 g/mol. The molecule has 10 heteroatoms. The number of sulfonamides is 1. The van der Waals surface area contributed by atoms with E-state index in [9.17, 15) is 18.0 Å². The number of amides is 2. The highest BCUT2D eigenvalue weighted by atomic mass is 32.2. The smallest absolute Gasteiger partial charge is 0.245 e. The first kappa shape index (κ1) is 29.7. The molecule has 0 bridgehead atoms. The second kappa shape index (κ2) is 12.7. The van der Waals surface area contributed by atoms with Crippen molar-refractivity contribution in [2.24, 2.45) is 0 Å². The molecule has 2 amide bonds. The van der Waals surface area contributed by atoms with Crippen molar-refractivity contribution in [3.05, 3.63) is 108 Å². The van der Waals surface area contributed by atoms with Crippen molar-refractivity contribution in [3.63, 3.8) is 0 Å².